The van der Waals surface area contributed by atoms with Crippen LogP contribution in [0, 0.1) is 11.7 Å². The van der Waals surface area contributed by atoms with Crippen molar-refractivity contribution in [2.45, 2.75) is 25.9 Å². The zero-order chi connectivity index (χ0) is 16.4. The van der Waals surface area contributed by atoms with Gasteiger partial charge in [-0.25, -0.2) is 4.39 Å². The molecule has 4 nitrogen and oxygen atoms in total. The highest BCUT2D eigenvalue weighted by atomic mass is 19.1. The summed E-state index contributed by atoms with van der Waals surface area (Å²) in [4.78, 5) is 14.3. The van der Waals surface area contributed by atoms with Crippen LogP contribution in [0.3, 0.4) is 0 Å². The second kappa shape index (κ2) is 6.54. The molecule has 5 heteroatoms. The van der Waals surface area contributed by atoms with Gasteiger partial charge in [0.1, 0.15) is 5.82 Å². The van der Waals surface area contributed by atoms with E-state index in [1.807, 2.05) is 12.1 Å². The van der Waals surface area contributed by atoms with Crippen molar-refractivity contribution in [1.29, 1.82) is 0 Å². The van der Waals surface area contributed by atoms with E-state index >= 15 is 0 Å². The molecule has 0 bridgehead atoms. The molecule has 1 aliphatic heterocycles. The molecule has 1 unspecified atom stereocenters. The Kier molecular flexibility index (Phi) is 4.48. The van der Waals surface area contributed by atoms with E-state index in [1.54, 1.807) is 40.9 Å². The first-order chi connectivity index (χ1) is 11.1. The van der Waals surface area contributed by atoms with E-state index in [4.69, 9.17) is 0 Å². The van der Waals surface area contributed by atoms with Crippen molar-refractivity contribution in [3.63, 3.8) is 0 Å². The van der Waals surface area contributed by atoms with E-state index in [1.165, 1.54) is 6.07 Å². The maximum atomic E-state index is 14.3. The van der Waals surface area contributed by atoms with Crippen LogP contribution in [0.2, 0.25) is 0 Å². The molecule has 1 atom stereocenters. The minimum atomic E-state index is -0.411. The molecule has 0 saturated carbocycles. The summed E-state index contributed by atoms with van der Waals surface area (Å²) >= 11 is 0. The average Bonchev–Trinajstić information content (AvgIpc) is 3.08. The number of hydrogen-bond acceptors (Lipinski definition) is 2. The maximum absolute atomic E-state index is 14.3. The molecular weight excluding hydrogens is 295 g/mol. The van der Waals surface area contributed by atoms with E-state index in [0.29, 0.717) is 24.3 Å². The first kappa shape index (κ1) is 15.7. The molecule has 23 heavy (non-hydrogen) atoms. The van der Waals surface area contributed by atoms with Crippen molar-refractivity contribution in [3.8, 4) is 5.69 Å². The first-order valence-electron chi connectivity index (χ1n) is 7.96. The van der Waals surface area contributed by atoms with E-state index < -0.39 is 5.82 Å². The minimum absolute atomic E-state index is 0.146. The number of aliphatic hydroxyl groups excluding tert-OH is 1. The SMILES string of the molecule is CC(O)C1CCN(C(=O)c2ccc(-n3cccc3)c(F)c2)CC1. The number of hydrogen-bond donors (Lipinski definition) is 1. The topological polar surface area (TPSA) is 45.5 Å². The van der Waals surface area contributed by atoms with Crippen LogP contribution < -0.4 is 0 Å². The van der Waals surface area contributed by atoms with Crippen LogP contribution in [0.25, 0.3) is 5.69 Å². The predicted molar refractivity (Wildman–Crippen MR) is 86.0 cm³/mol. The third-order valence-electron chi connectivity index (χ3n) is 4.59. The van der Waals surface area contributed by atoms with Gasteiger partial charge in [0.25, 0.3) is 5.91 Å². The number of nitrogens with zero attached hydrogens (tertiary/aromatic N) is 2. The standard InChI is InChI=1S/C18H21FN2O2/c1-13(22)14-6-10-21(11-7-14)18(23)15-4-5-17(16(19)12-15)20-8-2-3-9-20/h2-5,8-9,12-14,22H,6-7,10-11H2,1H3. The Labute approximate surface area is 135 Å². The summed E-state index contributed by atoms with van der Waals surface area (Å²) in [6.07, 6.45) is 4.76. The molecule has 0 spiro atoms. The molecule has 1 N–H and O–H groups in total. The van der Waals surface area contributed by atoms with Crippen molar-refractivity contribution >= 4 is 5.91 Å². The van der Waals surface area contributed by atoms with Crippen LogP contribution in [0.1, 0.15) is 30.1 Å². The van der Waals surface area contributed by atoms with Gasteiger partial charge in [0, 0.05) is 31.0 Å². The van der Waals surface area contributed by atoms with Crippen LogP contribution >= 0.6 is 0 Å². The number of aromatic nitrogens is 1. The molecule has 1 aliphatic rings. The fourth-order valence-corrected chi connectivity index (χ4v) is 3.11. The molecule has 3 rings (SSSR count). The summed E-state index contributed by atoms with van der Waals surface area (Å²) < 4.78 is 16.0. The molecule has 122 valence electrons. The molecular formula is C18H21FN2O2. The van der Waals surface area contributed by atoms with E-state index in [0.717, 1.165) is 12.8 Å². The fourth-order valence-electron chi connectivity index (χ4n) is 3.11. The molecule has 1 fully saturated rings. The number of aliphatic hydroxyl groups is 1. The Balaban J connectivity index is 1.72. The fraction of sp³-hybridized carbons (Fsp3) is 0.389. The largest absolute Gasteiger partial charge is 0.393 e. The second-order valence-electron chi connectivity index (χ2n) is 6.13. The van der Waals surface area contributed by atoms with Crippen LogP contribution in [0.4, 0.5) is 4.39 Å². The zero-order valence-electron chi connectivity index (χ0n) is 13.2. The number of benzene rings is 1. The maximum Gasteiger partial charge on any atom is 0.253 e. The van der Waals surface area contributed by atoms with Crippen LogP contribution in [-0.4, -0.2) is 39.7 Å². The summed E-state index contributed by atoms with van der Waals surface area (Å²) in [6, 6.07) is 8.25. The lowest BCUT2D eigenvalue weighted by Gasteiger charge is -2.33. The lowest BCUT2D eigenvalue weighted by molar-refractivity contribution is 0.0521. The number of halogens is 1. The second-order valence-corrected chi connectivity index (χ2v) is 6.13. The lowest BCUT2D eigenvalue weighted by atomic mass is 9.92. The zero-order valence-corrected chi connectivity index (χ0v) is 13.2. The van der Waals surface area contributed by atoms with Crippen LogP contribution in [0.5, 0.6) is 0 Å². The Bertz CT molecular complexity index is 674. The van der Waals surface area contributed by atoms with Crippen LogP contribution in [0.15, 0.2) is 42.7 Å². The van der Waals surface area contributed by atoms with Gasteiger partial charge in [-0.15, -0.1) is 0 Å². The smallest absolute Gasteiger partial charge is 0.253 e. The van der Waals surface area contributed by atoms with Gasteiger partial charge in [-0.1, -0.05) is 0 Å². The molecule has 1 amide bonds. The van der Waals surface area contributed by atoms with Crippen molar-refractivity contribution in [2.75, 3.05) is 13.1 Å². The Morgan fingerprint density at radius 1 is 1.26 bits per heavy atom. The third kappa shape index (κ3) is 3.29. The monoisotopic (exact) mass is 316 g/mol. The Hall–Kier alpha value is -2.14. The summed E-state index contributed by atoms with van der Waals surface area (Å²) in [5.41, 5.74) is 0.799. The molecule has 0 aliphatic carbocycles. The summed E-state index contributed by atoms with van der Waals surface area (Å²) in [7, 11) is 0. The number of rotatable bonds is 3. The van der Waals surface area contributed by atoms with Gasteiger partial charge in [-0.3, -0.25) is 4.79 Å². The molecule has 1 saturated heterocycles. The van der Waals surface area contributed by atoms with Crippen molar-refractivity contribution in [3.05, 3.63) is 54.1 Å². The first-order valence-corrected chi connectivity index (χ1v) is 7.96. The van der Waals surface area contributed by atoms with Gasteiger partial charge in [-0.2, -0.15) is 0 Å². The molecule has 2 heterocycles. The number of amides is 1. The summed E-state index contributed by atoms with van der Waals surface area (Å²) in [6.45, 7) is 3.00. The summed E-state index contributed by atoms with van der Waals surface area (Å²) in [5.74, 6) is -0.315. The van der Waals surface area contributed by atoms with E-state index in [2.05, 4.69) is 0 Å². The van der Waals surface area contributed by atoms with Gasteiger partial charge in [0.2, 0.25) is 0 Å². The highest BCUT2D eigenvalue weighted by Crippen LogP contribution is 2.23. The number of likely N-dealkylation sites (tertiary alicyclic amines) is 1. The van der Waals surface area contributed by atoms with Gasteiger partial charge in [-0.05, 0) is 56.0 Å². The number of carbonyl (C=O) groups excluding carboxylic acids is 1. The molecule has 0 radical (unpaired) electrons. The highest BCUT2D eigenvalue weighted by molar-refractivity contribution is 5.94. The van der Waals surface area contributed by atoms with Crippen LogP contribution in [-0.2, 0) is 0 Å². The van der Waals surface area contributed by atoms with Crippen molar-refractivity contribution < 1.29 is 14.3 Å². The van der Waals surface area contributed by atoms with Gasteiger partial charge < -0.3 is 14.6 Å². The van der Waals surface area contributed by atoms with Gasteiger partial charge >= 0.3 is 0 Å². The molecule has 1 aromatic carbocycles. The third-order valence-corrected chi connectivity index (χ3v) is 4.59. The molecule has 2 aromatic rings. The van der Waals surface area contributed by atoms with E-state index in [9.17, 15) is 14.3 Å². The highest BCUT2D eigenvalue weighted by Gasteiger charge is 2.26. The van der Waals surface area contributed by atoms with Crippen molar-refractivity contribution in [2.24, 2.45) is 5.92 Å². The van der Waals surface area contributed by atoms with Gasteiger partial charge in [0.15, 0.2) is 0 Å². The molecule has 1 aromatic heterocycles. The average molecular weight is 316 g/mol. The number of carbonyl (C=O) groups is 1. The normalized spacial score (nSPS) is 17.3. The Morgan fingerprint density at radius 2 is 1.91 bits per heavy atom. The number of piperidine rings is 1. The van der Waals surface area contributed by atoms with Crippen molar-refractivity contribution in [1.82, 2.24) is 9.47 Å². The van der Waals surface area contributed by atoms with E-state index in [-0.39, 0.29) is 17.9 Å². The quantitative estimate of drug-likeness (QED) is 0.946. The predicted octanol–water partition coefficient (Wildman–Crippen LogP) is 2.85. The van der Waals surface area contributed by atoms with Gasteiger partial charge in [0.05, 0.1) is 11.8 Å². The minimum Gasteiger partial charge on any atom is -0.393 e. The Morgan fingerprint density at radius 3 is 2.48 bits per heavy atom. The lowest BCUT2D eigenvalue weighted by Crippen LogP contribution is -2.40. The summed E-state index contributed by atoms with van der Waals surface area (Å²) in [5, 5.41) is 9.62.